The summed E-state index contributed by atoms with van der Waals surface area (Å²) in [6.07, 6.45) is 1.30. The molecule has 6 nitrogen and oxygen atoms in total. The Balaban J connectivity index is 2.29. The zero-order valence-electron chi connectivity index (χ0n) is 11.2. The van der Waals surface area contributed by atoms with Gasteiger partial charge in [0, 0.05) is 12.2 Å². The molecule has 0 aliphatic heterocycles. The van der Waals surface area contributed by atoms with Crippen LogP contribution in [-0.2, 0) is 4.79 Å². The summed E-state index contributed by atoms with van der Waals surface area (Å²) < 4.78 is 16.1. The normalized spacial score (nSPS) is 10.3. The number of ether oxygens (including phenoxy) is 2. The van der Waals surface area contributed by atoms with Crippen LogP contribution < -0.4 is 9.47 Å². The van der Waals surface area contributed by atoms with Crippen molar-refractivity contribution in [2.45, 2.75) is 11.6 Å². The van der Waals surface area contributed by atoms with Gasteiger partial charge in [-0.05, 0) is 12.1 Å². The lowest BCUT2D eigenvalue weighted by Crippen LogP contribution is -1.92. The van der Waals surface area contributed by atoms with Gasteiger partial charge in [-0.15, -0.1) is 10.2 Å². The molecule has 0 saturated carbocycles. The average molecular weight is 294 g/mol. The highest BCUT2D eigenvalue weighted by Gasteiger charge is 2.18. The van der Waals surface area contributed by atoms with E-state index in [0.717, 1.165) is 6.29 Å². The van der Waals surface area contributed by atoms with E-state index in [1.165, 1.54) is 11.8 Å². The zero-order chi connectivity index (χ0) is 14.4. The summed E-state index contributed by atoms with van der Waals surface area (Å²) in [5.74, 6) is 2.12. The molecule has 7 heteroatoms. The number of methoxy groups -OCH3 is 2. The number of aldehydes is 1. The zero-order valence-corrected chi connectivity index (χ0v) is 12.0. The fraction of sp³-hybridized carbons (Fsp3) is 0.308. The van der Waals surface area contributed by atoms with Crippen molar-refractivity contribution in [1.82, 2.24) is 10.2 Å². The molecule has 0 saturated heterocycles. The molecule has 0 atom stereocenters. The van der Waals surface area contributed by atoms with E-state index in [4.69, 9.17) is 13.9 Å². The second-order valence-electron chi connectivity index (χ2n) is 3.71. The summed E-state index contributed by atoms with van der Waals surface area (Å²) in [5.41, 5.74) is 0.618. The van der Waals surface area contributed by atoms with Gasteiger partial charge in [0.2, 0.25) is 0 Å². The summed E-state index contributed by atoms with van der Waals surface area (Å²) >= 11 is 1.33. The highest BCUT2D eigenvalue weighted by Crippen LogP contribution is 2.38. The Kier molecular flexibility index (Phi) is 5.00. The molecular formula is C13H14N2O4S. The number of nitrogens with zero attached hydrogens (tertiary/aromatic N) is 2. The summed E-state index contributed by atoms with van der Waals surface area (Å²) in [5, 5.41) is 8.34. The topological polar surface area (TPSA) is 74.5 Å². The van der Waals surface area contributed by atoms with Crippen molar-refractivity contribution >= 4 is 18.0 Å². The van der Waals surface area contributed by atoms with Gasteiger partial charge in [0.15, 0.2) is 0 Å². The Bertz CT molecular complexity index is 563. The van der Waals surface area contributed by atoms with E-state index < -0.39 is 0 Å². The molecule has 20 heavy (non-hydrogen) atoms. The van der Waals surface area contributed by atoms with Crippen molar-refractivity contribution in [2.75, 3.05) is 20.0 Å². The van der Waals surface area contributed by atoms with Crippen molar-refractivity contribution in [3.8, 4) is 23.0 Å². The Labute approximate surface area is 120 Å². The lowest BCUT2D eigenvalue weighted by Gasteiger charge is -2.09. The Morgan fingerprint density at radius 3 is 2.55 bits per heavy atom. The van der Waals surface area contributed by atoms with Crippen LogP contribution in [0.25, 0.3) is 11.5 Å². The molecule has 0 unspecified atom stereocenters. The van der Waals surface area contributed by atoms with Gasteiger partial charge < -0.3 is 18.7 Å². The molecule has 0 bridgehead atoms. The van der Waals surface area contributed by atoms with Gasteiger partial charge in [0.25, 0.3) is 11.1 Å². The Morgan fingerprint density at radius 2 is 1.95 bits per heavy atom. The molecule has 0 amide bonds. The molecular weight excluding hydrogens is 280 g/mol. The number of benzene rings is 1. The number of aromatic nitrogens is 2. The fourth-order valence-electron chi connectivity index (χ4n) is 1.63. The number of hydrogen-bond donors (Lipinski definition) is 0. The summed E-state index contributed by atoms with van der Waals surface area (Å²) in [7, 11) is 3.13. The molecule has 2 rings (SSSR count). The van der Waals surface area contributed by atoms with Gasteiger partial charge in [0.1, 0.15) is 23.3 Å². The molecule has 0 aliphatic rings. The van der Waals surface area contributed by atoms with Crippen LogP contribution in [0, 0.1) is 0 Å². The van der Waals surface area contributed by atoms with Gasteiger partial charge in [-0.25, -0.2) is 0 Å². The Morgan fingerprint density at radius 1 is 1.25 bits per heavy atom. The third kappa shape index (κ3) is 3.11. The van der Waals surface area contributed by atoms with Gasteiger partial charge in [-0.2, -0.15) is 0 Å². The van der Waals surface area contributed by atoms with Crippen LogP contribution in [0.4, 0.5) is 0 Å². The van der Waals surface area contributed by atoms with Crippen molar-refractivity contribution in [1.29, 1.82) is 0 Å². The smallest absolute Gasteiger partial charge is 0.276 e. The molecule has 0 N–H and O–H groups in total. The van der Waals surface area contributed by atoms with Crippen LogP contribution in [0.1, 0.15) is 6.42 Å². The SMILES string of the molecule is COc1cccc(OC)c1-c1nnc(SCCC=O)o1. The maximum Gasteiger partial charge on any atom is 0.276 e. The first-order valence-corrected chi connectivity index (χ1v) is 6.90. The summed E-state index contributed by atoms with van der Waals surface area (Å²) in [6, 6.07) is 5.40. The minimum atomic E-state index is 0.327. The number of carbonyl (C=O) groups is 1. The van der Waals surface area contributed by atoms with E-state index in [-0.39, 0.29) is 0 Å². The highest BCUT2D eigenvalue weighted by molar-refractivity contribution is 7.99. The van der Waals surface area contributed by atoms with Crippen molar-refractivity contribution < 1.29 is 18.7 Å². The number of carbonyl (C=O) groups excluding carboxylic acids is 1. The third-order valence-corrected chi connectivity index (χ3v) is 3.36. The fourth-order valence-corrected chi connectivity index (χ4v) is 2.25. The molecule has 1 aromatic heterocycles. The summed E-state index contributed by atoms with van der Waals surface area (Å²) in [6.45, 7) is 0. The van der Waals surface area contributed by atoms with Crippen LogP contribution in [0.5, 0.6) is 11.5 Å². The summed E-state index contributed by atoms with van der Waals surface area (Å²) in [4.78, 5) is 10.3. The molecule has 106 valence electrons. The van der Waals surface area contributed by atoms with Gasteiger partial charge in [-0.3, -0.25) is 0 Å². The van der Waals surface area contributed by atoms with Gasteiger partial charge >= 0.3 is 0 Å². The monoisotopic (exact) mass is 294 g/mol. The first-order valence-electron chi connectivity index (χ1n) is 5.91. The van der Waals surface area contributed by atoms with E-state index in [0.29, 0.717) is 40.3 Å². The molecule has 0 radical (unpaired) electrons. The standard InChI is InChI=1S/C13H14N2O4S/c1-17-9-5-3-6-10(18-2)11(9)12-14-15-13(19-12)20-8-4-7-16/h3,5-7H,4,8H2,1-2H3. The van der Waals surface area contributed by atoms with Crippen molar-refractivity contribution in [2.24, 2.45) is 0 Å². The average Bonchev–Trinajstić information content (AvgIpc) is 2.95. The first-order chi connectivity index (χ1) is 9.80. The molecule has 1 heterocycles. The second kappa shape index (κ2) is 6.95. The number of rotatable bonds is 7. The predicted molar refractivity (Wildman–Crippen MR) is 74.2 cm³/mol. The van der Waals surface area contributed by atoms with Crippen molar-refractivity contribution in [3.63, 3.8) is 0 Å². The van der Waals surface area contributed by atoms with Crippen LogP contribution in [-0.4, -0.2) is 36.5 Å². The van der Waals surface area contributed by atoms with Crippen molar-refractivity contribution in [3.05, 3.63) is 18.2 Å². The number of thioether (sulfide) groups is 1. The lowest BCUT2D eigenvalue weighted by atomic mass is 10.2. The predicted octanol–water partition coefficient (Wildman–Crippen LogP) is 2.43. The van der Waals surface area contributed by atoms with Crippen LogP contribution in [0.3, 0.4) is 0 Å². The Hall–Kier alpha value is -2.02. The molecule has 0 aliphatic carbocycles. The van der Waals surface area contributed by atoms with E-state index in [1.807, 2.05) is 6.07 Å². The van der Waals surface area contributed by atoms with E-state index >= 15 is 0 Å². The molecule has 0 spiro atoms. The molecule has 1 aromatic carbocycles. The van der Waals surface area contributed by atoms with E-state index in [9.17, 15) is 4.79 Å². The van der Waals surface area contributed by atoms with E-state index in [1.54, 1.807) is 26.4 Å². The molecule has 2 aromatic rings. The minimum Gasteiger partial charge on any atom is -0.496 e. The third-order valence-electron chi connectivity index (χ3n) is 2.51. The van der Waals surface area contributed by atoms with Gasteiger partial charge in [-0.1, -0.05) is 17.8 Å². The van der Waals surface area contributed by atoms with E-state index in [2.05, 4.69) is 10.2 Å². The first kappa shape index (κ1) is 14.4. The highest BCUT2D eigenvalue weighted by atomic mass is 32.2. The largest absolute Gasteiger partial charge is 0.496 e. The van der Waals surface area contributed by atoms with Crippen LogP contribution in [0.2, 0.25) is 0 Å². The number of hydrogen-bond acceptors (Lipinski definition) is 7. The maximum atomic E-state index is 10.3. The lowest BCUT2D eigenvalue weighted by molar-refractivity contribution is -0.107. The second-order valence-corrected chi connectivity index (χ2v) is 4.76. The minimum absolute atomic E-state index is 0.327. The maximum absolute atomic E-state index is 10.3. The van der Waals surface area contributed by atoms with Crippen LogP contribution in [0.15, 0.2) is 27.8 Å². The molecule has 0 fully saturated rings. The van der Waals surface area contributed by atoms with Gasteiger partial charge in [0.05, 0.1) is 14.2 Å². The van der Waals surface area contributed by atoms with Crippen LogP contribution >= 0.6 is 11.8 Å². The quantitative estimate of drug-likeness (QED) is 0.441.